The molecule has 0 fully saturated rings. The van der Waals surface area contributed by atoms with E-state index in [9.17, 15) is 4.79 Å². The van der Waals surface area contributed by atoms with Crippen molar-refractivity contribution in [1.82, 2.24) is 4.90 Å². The standard InChI is InChI=1S/C13H18ClNO3/c1-10(15(2)3)8-18-13(16)9-17-12-6-4-11(14)5-7-12/h4-7,10H,8-9H2,1-3H3. The van der Waals surface area contributed by atoms with Gasteiger partial charge in [-0.25, -0.2) is 4.79 Å². The Morgan fingerprint density at radius 2 is 1.94 bits per heavy atom. The molecule has 0 aliphatic heterocycles. The van der Waals surface area contributed by atoms with Gasteiger partial charge in [-0.3, -0.25) is 0 Å². The molecule has 1 unspecified atom stereocenters. The van der Waals surface area contributed by atoms with Crippen LogP contribution in [0, 0.1) is 0 Å². The number of likely N-dealkylation sites (N-methyl/N-ethyl adjacent to an activating group) is 1. The van der Waals surface area contributed by atoms with Gasteiger partial charge in [-0.05, 0) is 45.3 Å². The van der Waals surface area contributed by atoms with Crippen LogP contribution >= 0.6 is 11.6 Å². The third-order valence-corrected chi connectivity index (χ3v) is 2.79. The average molecular weight is 272 g/mol. The van der Waals surface area contributed by atoms with Gasteiger partial charge in [0.15, 0.2) is 6.61 Å². The average Bonchev–Trinajstić information content (AvgIpc) is 2.35. The number of benzene rings is 1. The number of ether oxygens (including phenoxy) is 2. The molecule has 4 nitrogen and oxygen atoms in total. The molecule has 0 saturated heterocycles. The summed E-state index contributed by atoms with van der Waals surface area (Å²) in [7, 11) is 3.87. The second-order valence-corrected chi connectivity index (χ2v) is 4.67. The number of rotatable bonds is 6. The van der Waals surface area contributed by atoms with Crippen molar-refractivity contribution in [2.45, 2.75) is 13.0 Å². The van der Waals surface area contributed by atoms with Crippen molar-refractivity contribution in [3.63, 3.8) is 0 Å². The Labute approximate surface area is 112 Å². The van der Waals surface area contributed by atoms with Gasteiger partial charge < -0.3 is 14.4 Å². The van der Waals surface area contributed by atoms with Crippen LogP contribution < -0.4 is 4.74 Å². The van der Waals surface area contributed by atoms with Gasteiger partial charge in [0.2, 0.25) is 0 Å². The summed E-state index contributed by atoms with van der Waals surface area (Å²) >= 11 is 5.74. The smallest absolute Gasteiger partial charge is 0.344 e. The van der Waals surface area contributed by atoms with Gasteiger partial charge in [-0.2, -0.15) is 0 Å². The van der Waals surface area contributed by atoms with Gasteiger partial charge in [0.1, 0.15) is 12.4 Å². The first-order chi connectivity index (χ1) is 8.49. The van der Waals surface area contributed by atoms with Crippen LogP contribution in [0.2, 0.25) is 5.02 Å². The monoisotopic (exact) mass is 271 g/mol. The van der Waals surface area contributed by atoms with Gasteiger partial charge in [-0.15, -0.1) is 0 Å². The normalized spacial score (nSPS) is 12.3. The summed E-state index contributed by atoms with van der Waals surface area (Å²) in [5, 5.41) is 0.629. The van der Waals surface area contributed by atoms with Gasteiger partial charge >= 0.3 is 5.97 Å². The van der Waals surface area contributed by atoms with Gasteiger partial charge in [0.25, 0.3) is 0 Å². The zero-order valence-electron chi connectivity index (χ0n) is 10.9. The van der Waals surface area contributed by atoms with E-state index in [4.69, 9.17) is 21.1 Å². The van der Waals surface area contributed by atoms with Gasteiger partial charge in [0.05, 0.1) is 0 Å². The molecule has 0 aliphatic carbocycles. The molecule has 100 valence electrons. The Balaban J connectivity index is 2.27. The van der Waals surface area contributed by atoms with Crippen LogP contribution in [0.1, 0.15) is 6.92 Å². The van der Waals surface area contributed by atoms with Gasteiger partial charge in [0, 0.05) is 11.1 Å². The van der Waals surface area contributed by atoms with Crippen LogP contribution in [0.5, 0.6) is 5.75 Å². The van der Waals surface area contributed by atoms with E-state index in [-0.39, 0.29) is 18.6 Å². The molecule has 1 aromatic carbocycles. The maximum atomic E-state index is 11.4. The van der Waals surface area contributed by atoms with Crippen LogP contribution in [-0.2, 0) is 9.53 Å². The number of halogens is 1. The van der Waals surface area contributed by atoms with E-state index in [0.717, 1.165) is 0 Å². The quantitative estimate of drug-likeness (QED) is 0.744. The molecule has 0 N–H and O–H groups in total. The minimum atomic E-state index is -0.376. The second kappa shape index (κ2) is 7.24. The predicted molar refractivity (Wildman–Crippen MR) is 71.1 cm³/mol. The van der Waals surface area contributed by atoms with Crippen LogP contribution in [-0.4, -0.2) is 44.2 Å². The zero-order chi connectivity index (χ0) is 13.5. The summed E-state index contributed by atoms with van der Waals surface area (Å²) in [6.45, 7) is 2.24. The lowest BCUT2D eigenvalue weighted by Crippen LogP contribution is -2.31. The fraction of sp³-hybridized carbons (Fsp3) is 0.462. The Bertz CT molecular complexity index is 378. The van der Waals surface area contributed by atoms with E-state index in [1.165, 1.54) is 0 Å². The highest BCUT2D eigenvalue weighted by Crippen LogP contribution is 2.15. The molecule has 0 spiro atoms. The Kier molecular flexibility index (Phi) is 5.95. The SMILES string of the molecule is CC(COC(=O)COc1ccc(Cl)cc1)N(C)C. The van der Waals surface area contributed by atoms with E-state index < -0.39 is 0 Å². The first-order valence-corrected chi connectivity index (χ1v) is 6.07. The molecular weight excluding hydrogens is 254 g/mol. The molecule has 1 aromatic rings. The fourth-order valence-electron chi connectivity index (χ4n) is 1.08. The number of carbonyl (C=O) groups is 1. The maximum Gasteiger partial charge on any atom is 0.344 e. The molecule has 18 heavy (non-hydrogen) atoms. The summed E-state index contributed by atoms with van der Waals surface area (Å²) in [4.78, 5) is 13.4. The molecule has 0 aromatic heterocycles. The molecule has 5 heteroatoms. The first kappa shape index (κ1) is 14.8. The van der Waals surface area contributed by atoms with E-state index in [2.05, 4.69) is 0 Å². The minimum absolute atomic E-state index is 0.0955. The Morgan fingerprint density at radius 3 is 2.50 bits per heavy atom. The molecule has 1 rings (SSSR count). The fourth-order valence-corrected chi connectivity index (χ4v) is 1.20. The zero-order valence-corrected chi connectivity index (χ0v) is 11.6. The molecular formula is C13H18ClNO3. The van der Waals surface area contributed by atoms with Gasteiger partial charge in [-0.1, -0.05) is 11.6 Å². The highest BCUT2D eigenvalue weighted by atomic mass is 35.5. The van der Waals surface area contributed by atoms with Crippen LogP contribution in [0.15, 0.2) is 24.3 Å². The summed E-state index contributed by atoms with van der Waals surface area (Å²) in [5.74, 6) is 0.218. The van der Waals surface area contributed by atoms with Crippen molar-refractivity contribution in [2.75, 3.05) is 27.3 Å². The van der Waals surface area contributed by atoms with Crippen molar-refractivity contribution in [3.8, 4) is 5.75 Å². The maximum absolute atomic E-state index is 11.4. The summed E-state index contributed by atoms with van der Waals surface area (Å²) < 4.78 is 10.3. The van der Waals surface area contributed by atoms with E-state index >= 15 is 0 Å². The third kappa shape index (κ3) is 5.38. The van der Waals surface area contributed by atoms with Crippen molar-refractivity contribution in [2.24, 2.45) is 0 Å². The second-order valence-electron chi connectivity index (χ2n) is 4.24. The van der Waals surface area contributed by atoms with Crippen LogP contribution in [0.4, 0.5) is 0 Å². The Morgan fingerprint density at radius 1 is 1.33 bits per heavy atom. The molecule has 0 saturated carbocycles. The number of carbonyl (C=O) groups excluding carboxylic acids is 1. The lowest BCUT2D eigenvalue weighted by Gasteiger charge is -2.19. The highest BCUT2D eigenvalue weighted by molar-refractivity contribution is 6.30. The largest absolute Gasteiger partial charge is 0.482 e. The predicted octanol–water partition coefficient (Wildman–Crippen LogP) is 2.21. The van der Waals surface area contributed by atoms with Crippen molar-refractivity contribution in [3.05, 3.63) is 29.3 Å². The van der Waals surface area contributed by atoms with Crippen LogP contribution in [0.3, 0.4) is 0 Å². The minimum Gasteiger partial charge on any atom is -0.482 e. The molecule has 0 aliphatic rings. The lowest BCUT2D eigenvalue weighted by atomic mass is 10.3. The first-order valence-electron chi connectivity index (χ1n) is 5.69. The molecule has 0 bridgehead atoms. The summed E-state index contributed by atoms with van der Waals surface area (Å²) in [6, 6.07) is 7.01. The molecule has 0 radical (unpaired) electrons. The Hall–Kier alpha value is -1.26. The third-order valence-electron chi connectivity index (χ3n) is 2.54. The number of esters is 1. The summed E-state index contributed by atoms with van der Waals surface area (Å²) in [6.07, 6.45) is 0. The van der Waals surface area contributed by atoms with Crippen molar-refractivity contribution >= 4 is 17.6 Å². The highest BCUT2D eigenvalue weighted by Gasteiger charge is 2.09. The van der Waals surface area contributed by atoms with E-state index in [0.29, 0.717) is 17.4 Å². The lowest BCUT2D eigenvalue weighted by molar-refractivity contribution is -0.147. The van der Waals surface area contributed by atoms with Crippen molar-refractivity contribution < 1.29 is 14.3 Å². The number of hydrogen-bond acceptors (Lipinski definition) is 4. The van der Waals surface area contributed by atoms with E-state index in [1.54, 1.807) is 24.3 Å². The summed E-state index contributed by atoms with van der Waals surface area (Å²) in [5.41, 5.74) is 0. The topological polar surface area (TPSA) is 38.8 Å². The van der Waals surface area contributed by atoms with E-state index in [1.807, 2.05) is 25.9 Å². The molecule has 0 amide bonds. The number of nitrogens with zero attached hydrogens (tertiary/aromatic N) is 1. The molecule has 0 heterocycles. The number of hydrogen-bond donors (Lipinski definition) is 0. The molecule has 1 atom stereocenters. The van der Waals surface area contributed by atoms with Crippen LogP contribution in [0.25, 0.3) is 0 Å². The van der Waals surface area contributed by atoms with Crippen molar-refractivity contribution in [1.29, 1.82) is 0 Å².